The van der Waals surface area contributed by atoms with Crippen molar-refractivity contribution in [2.24, 2.45) is 0 Å². The standard InChI is InChI=1S/C11H19N3OS/c1-13(6-3-5-12)11(15)8-14(2)10-4-7-16-9-10/h10H,3-4,6-9H2,1-2H3. The summed E-state index contributed by atoms with van der Waals surface area (Å²) >= 11 is 1.95. The highest BCUT2D eigenvalue weighted by molar-refractivity contribution is 7.99. The van der Waals surface area contributed by atoms with E-state index in [0.29, 0.717) is 25.6 Å². The lowest BCUT2D eigenvalue weighted by molar-refractivity contribution is -0.131. The summed E-state index contributed by atoms with van der Waals surface area (Å²) in [6.45, 7) is 0.996. The van der Waals surface area contributed by atoms with E-state index in [0.717, 1.165) is 5.75 Å². The Balaban J connectivity index is 2.29. The van der Waals surface area contributed by atoms with E-state index in [-0.39, 0.29) is 5.91 Å². The summed E-state index contributed by atoms with van der Waals surface area (Å²) in [4.78, 5) is 15.6. The Morgan fingerprint density at radius 2 is 2.31 bits per heavy atom. The molecule has 1 amide bonds. The number of nitriles is 1. The summed E-state index contributed by atoms with van der Waals surface area (Å²) in [6, 6.07) is 2.59. The number of amides is 1. The molecule has 0 aromatic carbocycles. The topological polar surface area (TPSA) is 47.3 Å². The van der Waals surface area contributed by atoms with Crippen molar-refractivity contribution in [3.05, 3.63) is 0 Å². The Labute approximate surface area is 102 Å². The van der Waals surface area contributed by atoms with Crippen molar-refractivity contribution in [3.63, 3.8) is 0 Å². The van der Waals surface area contributed by atoms with Crippen LogP contribution in [0.2, 0.25) is 0 Å². The minimum absolute atomic E-state index is 0.106. The predicted molar refractivity (Wildman–Crippen MR) is 66.2 cm³/mol. The number of rotatable bonds is 5. The molecule has 1 aliphatic heterocycles. The minimum Gasteiger partial charge on any atom is -0.344 e. The number of carbonyl (C=O) groups is 1. The zero-order chi connectivity index (χ0) is 12.0. The average Bonchev–Trinajstić information content (AvgIpc) is 2.79. The molecule has 0 aromatic rings. The van der Waals surface area contributed by atoms with Gasteiger partial charge < -0.3 is 4.90 Å². The number of hydrogen-bond acceptors (Lipinski definition) is 4. The molecule has 90 valence electrons. The smallest absolute Gasteiger partial charge is 0.236 e. The summed E-state index contributed by atoms with van der Waals surface area (Å²) in [5.74, 6) is 2.44. The van der Waals surface area contributed by atoms with E-state index in [1.807, 2.05) is 18.8 Å². The molecule has 5 heteroatoms. The number of nitrogens with zero attached hydrogens (tertiary/aromatic N) is 3. The van der Waals surface area contributed by atoms with Crippen LogP contribution in [0.25, 0.3) is 0 Å². The third kappa shape index (κ3) is 4.03. The molecule has 1 aliphatic rings. The first-order chi connectivity index (χ1) is 7.65. The molecule has 1 unspecified atom stereocenters. The molecule has 1 fully saturated rings. The zero-order valence-electron chi connectivity index (χ0n) is 9.98. The molecule has 0 N–H and O–H groups in total. The van der Waals surface area contributed by atoms with Crippen LogP contribution in [0.3, 0.4) is 0 Å². The second kappa shape index (κ2) is 6.77. The first kappa shape index (κ1) is 13.3. The highest BCUT2D eigenvalue weighted by atomic mass is 32.2. The normalized spacial score (nSPS) is 19.8. The molecule has 16 heavy (non-hydrogen) atoms. The molecule has 0 radical (unpaired) electrons. The predicted octanol–water partition coefficient (Wildman–Crippen LogP) is 0.796. The fraction of sp³-hybridized carbons (Fsp3) is 0.818. The fourth-order valence-corrected chi connectivity index (χ4v) is 2.97. The number of carbonyl (C=O) groups excluding carboxylic acids is 1. The second-order valence-corrected chi connectivity index (χ2v) is 5.31. The second-order valence-electron chi connectivity index (χ2n) is 4.16. The maximum Gasteiger partial charge on any atom is 0.236 e. The lowest BCUT2D eigenvalue weighted by Gasteiger charge is -2.25. The SMILES string of the molecule is CN(CCC#N)C(=O)CN(C)C1CCSC1. The van der Waals surface area contributed by atoms with Crippen molar-refractivity contribution in [1.29, 1.82) is 5.26 Å². The van der Waals surface area contributed by atoms with Crippen LogP contribution in [-0.4, -0.2) is 60.4 Å². The van der Waals surface area contributed by atoms with Gasteiger partial charge in [0.2, 0.25) is 5.91 Å². The van der Waals surface area contributed by atoms with Gasteiger partial charge in [-0.15, -0.1) is 0 Å². The summed E-state index contributed by atoms with van der Waals surface area (Å²) in [5.41, 5.74) is 0. The van der Waals surface area contributed by atoms with Gasteiger partial charge in [0.1, 0.15) is 0 Å². The Bertz CT molecular complexity index is 271. The average molecular weight is 241 g/mol. The van der Waals surface area contributed by atoms with Gasteiger partial charge in [0.05, 0.1) is 19.0 Å². The van der Waals surface area contributed by atoms with E-state index in [1.54, 1.807) is 11.9 Å². The molecule has 4 nitrogen and oxygen atoms in total. The van der Waals surface area contributed by atoms with E-state index in [9.17, 15) is 4.79 Å². The van der Waals surface area contributed by atoms with Gasteiger partial charge in [0.15, 0.2) is 0 Å². The summed E-state index contributed by atoms with van der Waals surface area (Å²) in [6.07, 6.45) is 1.58. The van der Waals surface area contributed by atoms with Crippen LogP contribution in [0.1, 0.15) is 12.8 Å². The van der Waals surface area contributed by atoms with Gasteiger partial charge in [-0.05, 0) is 19.2 Å². The van der Waals surface area contributed by atoms with Gasteiger partial charge in [0, 0.05) is 25.4 Å². The van der Waals surface area contributed by atoms with Crippen molar-refractivity contribution in [2.45, 2.75) is 18.9 Å². The van der Waals surface area contributed by atoms with Crippen LogP contribution in [0.15, 0.2) is 0 Å². The molecule has 1 atom stereocenters. The Morgan fingerprint density at radius 1 is 1.56 bits per heavy atom. The van der Waals surface area contributed by atoms with Gasteiger partial charge in [-0.2, -0.15) is 17.0 Å². The monoisotopic (exact) mass is 241 g/mol. The molecule has 1 heterocycles. The largest absolute Gasteiger partial charge is 0.344 e. The molecule has 0 aromatic heterocycles. The van der Waals surface area contributed by atoms with E-state index in [4.69, 9.17) is 5.26 Å². The maximum absolute atomic E-state index is 11.8. The fourth-order valence-electron chi connectivity index (χ4n) is 1.68. The Kier molecular flexibility index (Phi) is 5.64. The van der Waals surface area contributed by atoms with Crippen molar-refractivity contribution < 1.29 is 4.79 Å². The first-order valence-corrected chi connectivity index (χ1v) is 6.69. The molecule has 0 saturated carbocycles. The van der Waals surface area contributed by atoms with Gasteiger partial charge in [-0.1, -0.05) is 0 Å². The molecular weight excluding hydrogens is 222 g/mol. The van der Waals surface area contributed by atoms with Gasteiger partial charge in [-0.3, -0.25) is 9.69 Å². The third-order valence-corrected chi connectivity index (χ3v) is 4.04. The van der Waals surface area contributed by atoms with Crippen LogP contribution in [0.4, 0.5) is 0 Å². The lowest BCUT2D eigenvalue weighted by atomic mass is 10.2. The van der Waals surface area contributed by atoms with Gasteiger partial charge >= 0.3 is 0 Å². The molecular formula is C11H19N3OS. The molecule has 1 saturated heterocycles. The van der Waals surface area contributed by atoms with Crippen LogP contribution in [-0.2, 0) is 4.79 Å². The molecule has 0 bridgehead atoms. The lowest BCUT2D eigenvalue weighted by Crippen LogP contribution is -2.41. The maximum atomic E-state index is 11.8. The molecule has 1 rings (SSSR count). The highest BCUT2D eigenvalue weighted by Gasteiger charge is 2.22. The van der Waals surface area contributed by atoms with Crippen LogP contribution in [0, 0.1) is 11.3 Å². The number of likely N-dealkylation sites (N-methyl/N-ethyl adjacent to an activating group) is 2. The summed E-state index contributed by atoms with van der Waals surface area (Å²) in [5, 5.41) is 8.45. The van der Waals surface area contributed by atoms with Crippen molar-refractivity contribution >= 4 is 17.7 Å². The van der Waals surface area contributed by atoms with Gasteiger partial charge in [-0.25, -0.2) is 0 Å². The Morgan fingerprint density at radius 3 is 2.88 bits per heavy atom. The number of thioether (sulfide) groups is 1. The van der Waals surface area contributed by atoms with Gasteiger partial charge in [0.25, 0.3) is 0 Å². The highest BCUT2D eigenvalue weighted by Crippen LogP contribution is 2.21. The Hall–Kier alpha value is -0.730. The number of hydrogen-bond donors (Lipinski definition) is 0. The van der Waals surface area contributed by atoms with E-state index >= 15 is 0 Å². The third-order valence-electron chi connectivity index (χ3n) is 2.90. The molecule has 0 spiro atoms. The van der Waals surface area contributed by atoms with Crippen LogP contribution < -0.4 is 0 Å². The first-order valence-electron chi connectivity index (χ1n) is 5.54. The van der Waals surface area contributed by atoms with Crippen molar-refractivity contribution in [2.75, 3.05) is 38.7 Å². The van der Waals surface area contributed by atoms with E-state index < -0.39 is 0 Å². The van der Waals surface area contributed by atoms with Crippen molar-refractivity contribution in [1.82, 2.24) is 9.80 Å². The zero-order valence-corrected chi connectivity index (χ0v) is 10.8. The van der Waals surface area contributed by atoms with E-state index in [2.05, 4.69) is 11.0 Å². The van der Waals surface area contributed by atoms with Crippen LogP contribution >= 0.6 is 11.8 Å². The quantitative estimate of drug-likeness (QED) is 0.714. The van der Waals surface area contributed by atoms with Crippen molar-refractivity contribution in [3.8, 4) is 6.07 Å². The summed E-state index contributed by atoms with van der Waals surface area (Å²) < 4.78 is 0. The summed E-state index contributed by atoms with van der Waals surface area (Å²) in [7, 11) is 3.77. The molecule has 0 aliphatic carbocycles. The minimum atomic E-state index is 0.106. The van der Waals surface area contributed by atoms with E-state index in [1.165, 1.54) is 12.2 Å². The van der Waals surface area contributed by atoms with Crippen LogP contribution in [0.5, 0.6) is 0 Å².